The zero-order valence-corrected chi connectivity index (χ0v) is 8.04. The van der Waals surface area contributed by atoms with Gasteiger partial charge in [0.2, 0.25) is 0 Å². The molecule has 0 aliphatic carbocycles. The molecule has 2 N–H and O–H groups in total. The highest BCUT2D eigenvalue weighted by Gasteiger charge is 2.08. The molecule has 1 aromatic heterocycles. The fourth-order valence-electron chi connectivity index (χ4n) is 1.26. The van der Waals surface area contributed by atoms with E-state index in [2.05, 4.69) is 5.10 Å². The first-order chi connectivity index (χ1) is 7.08. The Morgan fingerprint density at radius 1 is 1.33 bits per heavy atom. The van der Waals surface area contributed by atoms with E-state index in [-0.39, 0.29) is 5.69 Å². The molecule has 3 nitrogen and oxygen atoms in total. The molecule has 0 radical (unpaired) electrons. The van der Waals surface area contributed by atoms with Gasteiger partial charge in [-0.2, -0.15) is 5.10 Å². The molecule has 0 saturated carbocycles. The monoisotopic (exact) mass is 209 g/mol. The highest BCUT2D eigenvalue weighted by Crippen LogP contribution is 2.17. The molecular weight excluding hydrogens is 200 g/mol. The van der Waals surface area contributed by atoms with Crippen molar-refractivity contribution >= 4 is 5.69 Å². The Hall–Kier alpha value is -1.91. The van der Waals surface area contributed by atoms with Gasteiger partial charge >= 0.3 is 0 Å². The van der Waals surface area contributed by atoms with E-state index in [9.17, 15) is 8.78 Å². The smallest absolute Gasteiger partial charge is 0.149 e. The molecule has 15 heavy (non-hydrogen) atoms. The molecule has 1 heterocycles. The van der Waals surface area contributed by atoms with Crippen molar-refractivity contribution in [2.75, 3.05) is 5.73 Å². The number of nitrogen functional groups attached to an aromatic ring is 1. The van der Waals surface area contributed by atoms with Gasteiger partial charge in [-0.25, -0.2) is 13.5 Å². The predicted molar refractivity (Wildman–Crippen MR) is 52.6 cm³/mol. The maximum atomic E-state index is 13.3. The maximum Gasteiger partial charge on any atom is 0.149 e. The average Bonchev–Trinajstić information content (AvgIpc) is 2.51. The van der Waals surface area contributed by atoms with Crippen LogP contribution in [0.4, 0.5) is 14.5 Å². The largest absolute Gasteiger partial charge is 0.396 e. The van der Waals surface area contributed by atoms with Gasteiger partial charge in [-0.3, -0.25) is 0 Å². The molecule has 2 aromatic rings. The molecule has 0 fully saturated rings. The third-order valence-electron chi connectivity index (χ3n) is 2.09. The van der Waals surface area contributed by atoms with E-state index >= 15 is 0 Å². The molecule has 0 aliphatic heterocycles. The third kappa shape index (κ3) is 1.68. The van der Waals surface area contributed by atoms with Crippen molar-refractivity contribution in [3.8, 4) is 5.69 Å². The second kappa shape index (κ2) is 3.34. The van der Waals surface area contributed by atoms with E-state index in [0.717, 1.165) is 18.2 Å². The molecule has 0 saturated heterocycles. The average molecular weight is 209 g/mol. The van der Waals surface area contributed by atoms with Gasteiger partial charge in [-0.1, -0.05) is 0 Å². The van der Waals surface area contributed by atoms with Gasteiger partial charge in [0.25, 0.3) is 0 Å². The van der Waals surface area contributed by atoms with Crippen molar-refractivity contribution in [3.05, 3.63) is 41.7 Å². The van der Waals surface area contributed by atoms with Gasteiger partial charge < -0.3 is 5.73 Å². The fraction of sp³-hybridized carbons (Fsp3) is 0.100. The molecular formula is C10H9F2N3. The van der Waals surface area contributed by atoms with Gasteiger partial charge in [0.15, 0.2) is 0 Å². The summed E-state index contributed by atoms with van der Waals surface area (Å²) in [6, 6.07) is 3.18. The van der Waals surface area contributed by atoms with Crippen molar-refractivity contribution in [3.63, 3.8) is 0 Å². The van der Waals surface area contributed by atoms with Crippen molar-refractivity contribution < 1.29 is 8.78 Å². The van der Waals surface area contributed by atoms with Gasteiger partial charge in [0.1, 0.15) is 17.3 Å². The Balaban J connectivity index is 2.58. The number of aromatic nitrogens is 2. The van der Waals surface area contributed by atoms with Crippen LogP contribution in [0, 0.1) is 18.6 Å². The van der Waals surface area contributed by atoms with Crippen LogP contribution in [0.2, 0.25) is 0 Å². The Morgan fingerprint density at radius 3 is 2.67 bits per heavy atom. The Bertz CT molecular complexity index is 486. The number of hydrogen-bond acceptors (Lipinski definition) is 2. The van der Waals surface area contributed by atoms with Gasteiger partial charge in [0, 0.05) is 6.07 Å². The number of halogens is 2. The summed E-state index contributed by atoms with van der Waals surface area (Å²) in [7, 11) is 0. The lowest BCUT2D eigenvalue weighted by Gasteiger charge is -2.02. The standard InChI is InChI=1S/C10H9F2N3/c1-6-9(13)5-15(14-6)10-4-7(11)2-3-8(10)12/h2-5H,13H2,1H3. The summed E-state index contributed by atoms with van der Waals surface area (Å²) in [4.78, 5) is 0. The van der Waals surface area contributed by atoms with E-state index in [4.69, 9.17) is 5.73 Å². The van der Waals surface area contributed by atoms with Crippen LogP contribution in [0.3, 0.4) is 0 Å². The third-order valence-corrected chi connectivity index (χ3v) is 2.09. The molecule has 2 rings (SSSR count). The zero-order chi connectivity index (χ0) is 11.0. The highest BCUT2D eigenvalue weighted by atomic mass is 19.1. The first-order valence-corrected chi connectivity index (χ1v) is 4.35. The summed E-state index contributed by atoms with van der Waals surface area (Å²) < 4.78 is 27.5. The Kier molecular flexibility index (Phi) is 2.15. The number of anilines is 1. The lowest BCUT2D eigenvalue weighted by atomic mass is 10.3. The van der Waals surface area contributed by atoms with Crippen LogP contribution in [0.25, 0.3) is 5.69 Å². The zero-order valence-electron chi connectivity index (χ0n) is 8.04. The Morgan fingerprint density at radius 2 is 2.07 bits per heavy atom. The first kappa shape index (κ1) is 9.64. The quantitative estimate of drug-likeness (QED) is 0.781. The SMILES string of the molecule is Cc1nn(-c2cc(F)ccc2F)cc1N. The lowest BCUT2D eigenvalue weighted by Crippen LogP contribution is -1.99. The maximum absolute atomic E-state index is 13.3. The van der Waals surface area contributed by atoms with Gasteiger partial charge in [-0.05, 0) is 19.1 Å². The molecule has 0 aliphatic rings. The number of nitrogens with zero attached hydrogens (tertiary/aromatic N) is 2. The van der Waals surface area contributed by atoms with Crippen molar-refractivity contribution in [2.24, 2.45) is 0 Å². The Labute approximate surface area is 85.1 Å². The van der Waals surface area contributed by atoms with E-state index in [1.165, 1.54) is 10.9 Å². The molecule has 1 aromatic carbocycles. The first-order valence-electron chi connectivity index (χ1n) is 4.35. The molecule has 78 valence electrons. The lowest BCUT2D eigenvalue weighted by molar-refractivity contribution is 0.586. The summed E-state index contributed by atoms with van der Waals surface area (Å²) in [5.41, 5.74) is 6.64. The van der Waals surface area contributed by atoms with Crippen LogP contribution in [0.5, 0.6) is 0 Å². The van der Waals surface area contributed by atoms with Crippen LogP contribution < -0.4 is 5.73 Å². The predicted octanol–water partition coefficient (Wildman–Crippen LogP) is 2.04. The summed E-state index contributed by atoms with van der Waals surface area (Å²) in [6.45, 7) is 1.70. The van der Waals surface area contributed by atoms with Crippen molar-refractivity contribution in [1.82, 2.24) is 9.78 Å². The van der Waals surface area contributed by atoms with Gasteiger partial charge in [0.05, 0.1) is 17.6 Å². The van der Waals surface area contributed by atoms with Crippen LogP contribution in [0.15, 0.2) is 24.4 Å². The molecule has 5 heteroatoms. The van der Waals surface area contributed by atoms with E-state index in [0.29, 0.717) is 11.4 Å². The molecule has 0 unspecified atom stereocenters. The van der Waals surface area contributed by atoms with E-state index in [1.54, 1.807) is 6.92 Å². The second-order valence-electron chi connectivity index (χ2n) is 3.21. The number of rotatable bonds is 1. The number of aryl methyl sites for hydroxylation is 1. The summed E-state index contributed by atoms with van der Waals surface area (Å²) in [6.07, 6.45) is 1.45. The van der Waals surface area contributed by atoms with E-state index in [1.807, 2.05) is 0 Å². The number of hydrogen-bond donors (Lipinski definition) is 1. The number of nitrogens with two attached hydrogens (primary N) is 1. The molecule has 0 atom stereocenters. The minimum Gasteiger partial charge on any atom is -0.396 e. The summed E-state index contributed by atoms with van der Waals surface area (Å²) in [5, 5.41) is 3.97. The van der Waals surface area contributed by atoms with Gasteiger partial charge in [-0.15, -0.1) is 0 Å². The fourth-order valence-corrected chi connectivity index (χ4v) is 1.26. The summed E-state index contributed by atoms with van der Waals surface area (Å²) in [5.74, 6) is -1.06. The summed E-state index contributed by atoms with van der Waals surface area (Å²) >= 11 is 0. The van der Waals surface area contributed by atoms with Crippen molar-refractivity contribution in [1.29, 1.82) is 0 Å². The normalized spacial score (nSPS) is 10.6. The number of benzene rings is 1. The molecule has 0 bridgehead atoms. The van der Waals surface area contributed by atoms with Crippen LogP contribution in [-0.4, -0.2) is 9.78 Å². The second-order valence-corrected chi connectivity index (χ2v) is 3.21. The minimum absolute atomic E-state index is 0.0507. The molecule has 0 amide bonds. The van der Waals surface area contributed by atoms with Crippen LogP contribution in [-0.2, 0) is 0 Å². The highest BCUT2D eigenvalue weighted by molar-refractivity contribution is 5.44. The van der Waals surface area contributed by atoms with E-state index < -0.39 is 11.6 Å². The van der Waals surface area contributed by atoms with Crippen molar-refractivity contribution in [2.45, 2.75) is 6.92 Å². The van der Waals surface area contributed by atoms with Crippen LogP contribution >= 0.6 is 0 Å². The topological polar surface area (TPSA) is 43.8 Å². The van der Waals surface area contributed by atoms with Crippen LogP contribution in [0.1, 0.15) is 5.69 Å². The molecule has 0 spiro atoms. The minimum atomic E-state index is -0.543.